The van der Waals surface area contributed by atoms with Crippen molar-refractivity contribution in [1.29, 1.82) is 0 Å². The van der Waals surface area contributed by atoms with Gasteiger partial charge >= 0.3 is 0 Å². The van der Waals surface area contributed by atoms with Crippen molar-refractivity contribution in [2.75, 3.05) is 18.5 Å². The lowest BCUT2D eigenvalue weighted by Gasteiger charge is -2.23. The fourth-order valence-corrected chi connectivity index (χ4v) is 2.77. The number of benzene rings is 2. The predicted octanol–water partition coefficient (Wildman–Crippen LogP) is 2.42. The maximum Gasteiger partial charge on any atom is 0.227 e. The summed E-state index contributed by atoms with van der Waals surface area (Å²) < 4.78 is 0.957. The zero-order valence-electron chi connectivity index (χ0n) is 11.7. The van der Waals surface area contributed by atoms with E-state index in [0.29, 0.717) is 10.7 Å². The summed E-state index contributed by atoms with van der Waals surface area (Å²) in [6, 6.07) is 15.1. The molecular formula is C16H16ClN3O. The van der Waals surface area contributed by atoms with E-state index in [1.165, 1.54) is 0 Å². The third kappa shape index (κ3) is 2.48. The van der Waals surface area contributed by atoms with E-state index in [9.17, 15) is 5.21 Å². The van der Waals surface area contributed by atoms with Gasteiger partial charge in [0.05, 0.1) is 11.3 Å². The molecule has 0 aliphatic carbocycles. The van der Waals surface area contributed by atoms with Crippen LogP contribution in [0.4, 0.5) is 5.69 Å². The Kier molecular flexibility index (Phi) is 3.57. The number of hydroxylamine groups is 1. The van der Waals surface area contributed by atoms with Crippen molar-refractivity contribution in [3.05, 3.63) is 69.9 Å². The third-order valence-electron chi connectivity index (χ3n) is 3.74. The van der Waals surface area contributed by atoms with Gasteiger partial charge in [0.2, 0.25) is 5.71 Å². The van der Waals surface area contributed by atoms with Gasteiger partial charge < -0.3 is 15.8 Å². The van der Waals surface area contributed by atoms with E-state index < -0.39 is 0 Å². The number of rotatable bonds is 1. The standard InChI is InChI=1S/C16H16ClN3O/c1-19-14-8-7-12(17)9-13(14)16(20(21)10-15(19)18)11-5-3-2-4-6-11/h2-9,15H,10,18H2,1H3. The van der Waals surface area contributed by atoms with Gasteiger partial charge in [-0.15, -0.1) is 0 Å². The van der Waals surface area contributed by atoms with Crippen molar-refractivity contribution in [2.45, 2.75) is 6.17 Å². The molecule has 108 valence electrons. The molecule has 0 fully saturated rings. The fourth-order valence-electron chi connectivity index (χ4n) is 2.60. The van der Waals surface area contributed by atoms with Gasteiger partial charge in [-0.1, -0.05) is 29.8 Å². The first kappa shape index (κ1) is 13.9. The van der Waals surface area contributed by atoms with Gasteiger partial charge in [0.15, 0.2) is 6.54 Å². The first-order valence-electron chi connectivity index (χ1n) is 6.73. The van der Waals surface area contributed by atoms with E-state index >= 15 is 0 Å². The number of anilines is 1. The molecule has 1 heterocycles. The molecule has 4 nitrogen and oxygen atoms in total. The smallest absolute Gasteiger partial charge is 0.227 e. The minimum absolute atomic E-state index is 0.201. The lowest BCUT2D eigenvalue weighted by atomic mass is 10.0. The average molecular weight is 302 g/mol. The number of benzodiazepines with no additional fused rings is 1. The second-order valence-electron chi connectivity index (χ2n) is 5.12. The highest BCUT2D eigenvalue weighted by Gasteiger charge is 2.29. The summed E-state index contributed by atoms with van der Waals surface area (Å²) in [4.78, 5) is 1.91. The number of halogens is 1. The summed E-state index contributed by atoms with van der Waals surface area (Å²) >= 11 is 6.13. The van der Waals surface area contributed by atoms with Gasteiger partial charge in [-0.3, -0.25) is 0 Å². The maximum absolute atomic E-state index is 12.6. The Labute approximate surface area is 128 Å². The second-order valence-corrected chi connectivity index (χ2v) is 5.55. The van der Waals surface area contributed by atoms with E-state index in [1.807, 2.05) is 60.5 Å². The minimum atomic E-state index is -0.372. The molecule has 0 aromatic heterocycles. The average Bonchev–Trinajstić information content (AvgIpc) is 2.56. The molecule has 0 spiro atoms. The Hall–Kier alpha value is -2.04. The van der Waals surface area contributed by atoms with E-state index in [2.05, 4.69) is 0 Å². The van der Waals surface area contributed by atoms with Crippen LogP contribution in [0.1, 0.15) is 11.1 Å². The zero-order chi connectivity index (χ0) is 15.0. The van der Waals surface area contributed by atoms with Gasteiger partial charge in [0.1, 0.15) is 6.17 Å². The van der Waals surface area contributed by atoms with Crippen molar-refractivity contribution in [2.24, 2.45) is 5.73 Å². The lowest BCUT2D eigenvalue weighted by Crippen LogP contribution is -2.44. The molecule has 0 bridgehead atoms. The summed E-state index contributed by atoms with van der Waals surface area (Å²) in [5.74, 6) is 0. The molecule has 1 unspecified atom stereocenters. The normalized spacial score (nSPS) is 18.4. The minimum Gasteiger partial charge on any atom is -0.623 e. The van der Waals surface area contributed by atoms with Crippen LogP contribution in [0.15, 0.2) is 48.5 Å². The second kappa shape index (κ2) is 5.39. The van der Waals surface area contributed by atoms with Gasteiger partial charge in [-0.25, -0.2) is 4.74 Å². The molecule has 0 saturated heterocycles. The maximum atomic E-state index is 12.6. The highest BCUT2D eigenvalue weighted by atomic mass is 35.5. The number of fused-ring (bicyclic) bond motifs is 1. The van der Waals surface area contributed by atoms with Crippen LogP contribution in [-0.4, -0.2) is 30.2 Å². The van der Waals surface area contributed by atoms with Crippen LogP contribution in [-0.2, 0) is 0 Å². The largest absolute Gasteiger partial charge is 0.623 e. The number of nitrogens with zero attached hydrogens (tertiary/aromatic N) is 2. The van der Waals surface area contributed by atoms with Crippen LogP contribution in [0.2, 0.25) is 5.02 Å². The van der Waals surface area contributed by atoms with E-state index in [1.54, 1.807) is 0 Å². The quantitative estimate of drug-likeness (QED) is 0.650. The van der Waals surface area contributed by atoms with E-state index in [0.717, 1.165) is 21.6 Å². The molecule has 3 rings (SSSR count). The number of hydrogen-bond donors (Lipinski definition) is 1. The highest BCUT2D eigenvalue weighted by Crippen LogP contribution is 2.29. The van der Waals surface area contributed by atoms with Crippen molar-refractivity contribution in [3.63, 3.8) is 0 Å². The SMILES string of the molecule is CN1c2ccc(Cl)cc2C(c2ccccc2)=[N+]([O-])CC1N. The van der Waals surface area contributed by atoms with Crippen LogP contribution in [0.25, 0.3) is 0 Å². The topological polar surface area (TPSA) is 55.3 Å². The molecule has 2 aromatic rings. The lowest BCUT2D eigenvalue weighted by molar-refractivity contribution is -0.458. The molecule has 0 amide bonds. The molecule has 1 atom stereocenters. The Bertz CT molecular complexity index is 700. The summed E-state index contributed by atoms with van der Waals surface area (Å²) in [6.07, 6.45) is -0.372. The van der Waals surface area contributed by atoms with Gasteiger partial charge in [-0.05, 0) is 30.3 Å². The van der Waals surface area contributed by atoms with Gasteiger partial charge in [0, 0.05) is 17.6 Å². The van der Waals surface area contributed by atoms with Gasteiger partial charge in [-0.2, -0.15) is 0 Å². The fraction of sp³-hybridized carbons (Fsp3) is 0.188. The summed E-state index contributed by atoms with van der Waals surface area (Å²) in [5, 5.41) is 13.2. The van der Waals surface area contributed by atoms with Crippen molar-refractivity contribution in [3.8, 4) is 0 Å². The Morgan fingerprint density at radius 1 is 1.24 bits per heavy atom. The zero-order valence-corrected chi connectivity index (χ0v) is 12.4. The van der Waals surface area contributed by atoms with Crippen LogP contribution in [0, 0.1) is 5.21 Å². The van der Waals surface area contributed by atoms with Gasteiger partial charge in [0.25, 0.3) is 0 Å². The number of nitrogens with two attached hydrogens (primary N) is 1. The molecule has 2 aromatic carbocycles. The summed E-state index contributed by atoms with van der Waals surface area (Å²) in [5.41, 5.74) is 9.28. The monoisotopic (exact) mass is 301 g/mol. The van der Waals surface area contributed by atoms with Crippen LogP contribution >= 0.6 is 11.6 Å². The number of likely N-dealkylation sites (N-methyl/N-ethyl adjacent to an activating group) is 1. The van der Waals surface area contributed by atoms with Crippen LogP contribution in [0.5, 0.6) is 0 Å². The van der Waals surface area contributed by atoms with E-state index in [-0.39, 0.29) is 12.7 Å². The molecule has 1 aliphatic heterocycles. The molecule has 2 N–H and O–H groups in total. The molecule has 0 saturated carbocycles. The Morgan fingerprint density at radius 3 is 2.67 bits per heavy atom. The van der Waals surface area contributed by atoms with Crippen molar-refractivity contribution < 1.29 is 4.74 Å². The third-order valence-corrected chi connectivity index (χ3v) is 3.98. The van der Waals surface area contributed by atoms with Crippen LogP contribution < -0.4 is 10.6 Å². The first-order valence-corrected chi connectivity index (χ1v) is 7.11. The first-order chi connectivity index (χ1) is 10.1. The Balaban J connectivity index is 2.28. The van der Waals surface area contributed by atoms with Crippen molar-refractivity contribution in [1.82, 2.24) is 0 Å². The molecule has 0 radical (unpaired) electrons. The Morgan fingerprint density at radius 2 is 1.95 bits per heavy atom. The molecular weight excluding hydrogens is 286 g/mol. The molecule has 21 heavy (non-hydrogen) atoms. The predicted molar refractivity (Wildman–Crippen MR) is 86.0 cm³/mol. The number of hydrogen-bond acceptors (Lipinski definition) is 3. The van der Waals surface area contributed by atoms with E-state index in [4.69, 9.17) is 17.3 Å². The highest BCUT2D eigenvalue weighted by molar-refractivity contribution is 6.31. The summed E-state index contributed by atoms with van der Waals surface area (Å²) in [6.45, 7) is 0.201. The summed E-state index contributed by atoms with van der Waals surface area (Å²) in [7, 11) is 1.89. The van der Waals surface area contributed by atoms with Crippen molar-refractivity contribution >= 4 is 23.0 Å². The van der Waals surface area contributed by atoms with Crippen LogP contribution in [0.3, 0.4) is 0 Å². The molecule has 5 heteroatoms. The molecule has 1 aliphatic rings.